The molecular formula is C19H16FN3O2. The molecule has 1 aromatic heterocycles. The van der Waals surface area contributed by atoms with Crippen molar-refractivity contribution in [2.75, 3.05) is 14.2 Å². The normalized spacial score (nSPS) is 10.5. The molecule has 5 nitrogen and oxygen atoms in total. The fraction of sp³-hybridized carbons (Fsp3) is 0.211. The molecule has 1 heterocycles. The van der Waals surface area contributed by atoms with E-state index in [9.17, 15) is 4.39 Å². The van der Waals surface area contributed by atoms with E-state index >= 15 is 0 Å². The van der Waals surface area contributed by atoms with Gasteiger partial charge in [0.15, 0.2) is 0 Å². The Hall–Kier alpha value is -3.20. The summed E-state index contributed by atoms with van der Waals surface area (Å²) >= 11 is 0. The molecule has 0 amide bonds. The smallest absolute Gasteiger partial charge is 0.232 e. The number of nitrogens with zero attached hydrogens (tertiary/aromatic N) is 3. The molecule has 0 aliphatic rings. The molecule has 0 saturated carbocycles. The Morgan fingerprint density at radius 3 is 2.36 bits per heavy atom. The van der Waals surface area contributed by atoms with Crippen LogP contribution in [0.25, 0.3) is 10.8 Å². The van der Waals surface area contributed by atoms with Gasteiger partial charge >= 0.3 is 0 Å². The maximum atomic E-state index is 13.8. The lowest BCUT2D eigenvalue weighted by Gasteiger charge is -2.19. The summed E-state index contributed by atoms with van der Waals surface area (Å²) in [4.78, 5) is 7.99. The first-order valence-electron chi connectivity index (χ1n) is 7.62. The second-order valence-corrected chi connectivity index (χ2v) is 5.56. The number of benzene rings is 2. The number of rotatable bonds is 4. The van der Waals surface area contributed by atoms with Gasteiger partial charge in [0.05, 0.1) is 14.2 Å². The van der Waals surface area contributed by atoms with Gasteiger partial charge < -0.3 is 9.47 Å². The monoisotopic (exact) mass is 337 g/mol. The maximum Gasteiger partial charge on any atom is 0.232 e. The summed E-state index contributed by atoms with van der Waals surface area (Å²) in [7, 11) is 3.15. The molecular weight excluding hydrogens is 321 g/mol. The van der Waals surface area contributed by atoms with Crippen LogP contribution < -0.4 is 9.47 Å². The molecule has 3 rings (SSSR count). The fourth-order valence-electron chi connectivity index (χ4n) is 2.99. The SMILES string of the molecule is COc1c(C)c(Cc2cnc(C#N)nc2)c(OC)c2cc(F)ccc12. The second-order valence-electron chi connectivity index (χ2n) is 5.56. The lowest BCUT2D eigenvalue weighted by Crippen LogP contribution is -2.03. The number of hydrogen-bond donors (Lipinski definition) is 0. The minimum absolute atomic E-state index is 0.116. The van der Waals surface area contributed by atoms with Gasteiger partial charge in [-0.25, -0.2) is 14.4 Å². The molecule has 0 saturated heterocycles. The lowest BCUT2D eigenvalue weighted by atomic mass is 9.94. The third-order valence-electron chi connectivity index (χ3n) is 4.13. The number of hydrogen-bond acceptors (Lipinski definition) is 5. The lowest BCUT2D eigenvalue weighted by molar-refractivity contribution is 0.404. The van der Waals surface area contributed by atoms with E-state index in [-0.39, 0.29) is 11.6 Å². The van der Waals surface area contributed by atoms with Crippen molar-refractivity contribution < 1.29 is 13.9 Å². The van der Waals surface area contributed by atoms with Gasteiger partial charge in [0.1, 0.15) is 23.4 Å². The van der Waals surface area contributed by atoms with E-state index in [1.807, 2.05) is 13.0 Å². The van der Waals surface area contributed by atoms with E-state index in [0.717, 1.165) is 22.1 Å². The molecule has 0 N–H and O–H groups in total. The highest BCUT2D eigenvalue weighted by Gasteiger charge is 2.19. The Morgan fingerprint density at radius 2 is 1.76 bits per heavy atom. The molecule has 0 fully saturated rings. The topological polar surface area (TPSA) is 68.0 Å². The molecule has 0 aliphatic carbocycles. The number of ether oxygens (including phenoxy) is 2. The van der Waals surface area contributed by atoms with Gasteiger partial charge in [-0.05, 0) is 36.2 Å². The van der Waals surface area contributed by atoms with Crippen molar-refractivity contribution in [1.82, 2.24) is 9.97 Å². The minimum Gasteiger partial charge on any atom is -0.496 e. The molecule has 0 aliphatic heterocycles. The molecule has 0 spiro atoms. The largest absolute Gasteiger partial charge is 0.496 e. The molecule has 0 unspecified atom stereocenters. The van der Waals surface area contributed by atoms with Crippen molar-refractivity contribution in [3.63, 3.8) is 0 Å². The zero-order valence-electron chi connectivity index (χ0n) is 14.1. The summed E-state index contributed by atoms with van der Waals surface area (Å²) in [6, 6.07) is 6.42. The Morgan fingerprint density at radius 1 is 1.08 bits per heavy atom. The first-order chi connectivity index (χ1) is 12.1. The van der Waals surface area contributed by atoms with E-state index in [1.54, 1.807) is 32.7 Å². The van der Waals surface area contributed by atoms with Crippen LogP contribution in [-0.2, 0) is 6.42 Å². The van der Waals surface area contributed by atoms with Crippen molar-refractivity contribution in [3.05, 3.63) is 58.9 Å². The maximum absolute atomic E-state index is 13.8. The number of aromatic nitrogens is 2. The summed E-state index contributed by atoms with van der Waals surface area (Å²) in [5.41, 5.74) is 2.59. The molecule has 6 heteroatoms. The van der Waals surface area contributed by atoms with E-state index in [2.05, 4.69) is 9.97 Å². The summed E-state index contributed by atoms with van der Waals surface area (Å²) in [5.74, 6) is 1.05. The quantitative estimate of drug-likeness (QED) is 0.728. The van der Waals surface area contributed by atoms with Crippen LogP contribution in [0.4, 0.5) is 4.39 Å². The van der Waals surface area contributed by atoms with E-state index in [1.165, 1.54) is 12.1 Å². The van der Waals surface area contributed by atoms with Gasteiger partial charge in [0.2, 0.25) is 5.82 Å². The van der Waals surface area contributed by atoms with E-state index in [4.69, 9.17) is 14.7 Å². The Labute approximate surface area is 144 Å². The Bertz CT molecular complexity index is 979. The van der Waals surface area contributed by atoms with Crippen LogP contribution in [0.3, 0.4) is 0 Å². The third kappa shape index (κ3) is 2.96. The van der Waals surface area contributed by atoms with E-state index in [0.29, 0.717) is 23.3 Å². The molecule has 126 valence electrons. The molecule has 0 atom stereocenters. The fourth-order valence-corrected chi connectivity index (χ4v) is 2.99. The van der Waals surface area contributed by atoms with Crippen molar-refractivity contribution >= 4 is 10.8 Å². The van der Waals surface area contributed by atoms with Crippen molar-refractivity contribution in [3.8, 4) is 17.6 Å². The van der Waals surface area contributed by atoms with Gasteiger partial charge in [-0.2, -0.15) is 5.26 Å². The first kappa shape index (κ1) is 16.7. The van der Waals surface area contributed by atoms with Gasteiger partial charge in [-0.1, -0.05) is 0 Å². The van der Waals surface area contributed by atoms with E-state index < -0.39 is 0 Å². The van der Waals surface area contributed by atoms with Crippen molar-refractivity contribution in [1.29, 1.82) is 5.26 Å². The number of halogens is 1. The standard InChI is InChI=1S/C19H16FN3O2/c1-11-15(6-12-9-22-17(8-21)23-10-12)19(25-3)16-7-13(20)4-5-14(16)18(11)24-2/h4-5,7,9-10H,6H2,1-3H3. The van der Waals surface area contributed by atoms with Crippen LogP contribution in [0.15, 0.2) is 30.6 Å². The molecule has 0 radical (unpaired) electrons. The Balaban J connectivity index is 2.22. The van der Waals surface area contributed by atoms with Crippen molar-refractivity contribution in [2.45, 2.75) is 13.3 Å². The summed E-state index contributed by atoms with van der Waals surface area (Å²) in [6.07, 6.45) is 3.68. The predicted octanol–water partition coefficient (Wildman–Crippen LogP) is 3.56. The highest BCUT2D eigenvalue weighted by molar-refractivity contribution is 5.96. The summed E-state index contributed by atoms with van der Waals surface area (Å²) in [5, 5.41) is 10.2. The highest BCUT2D eigenvalue weighted by atomic mass is 19.1. The summed E-state index contributed by atoms with van der Waals surface area (Å²) in [6.45, 7) is 1.93. The zero-order chi connectivity index (χ0) is 18.0. The average Bonchev–Trinajstić information content (AvgIpc) is 2.63. The van der Waals surface area contributed by atoms with Crippen LogP contribution in [0.2, 0.25) is 0 Å². The predicted molar refractivity (Wildman–Crippen MR) is 91.3 cm³/mol. The van der Waals surface area contributed by atoms with Crippen LogP contribution in [0.1, 0.15) is 22.5 Å². The zero-order valence-corrected chi connectivity index (χ0v) is 14.1. The molecule has 3 aromatic rings. The van der Waals surface area contributed by atoms with Crippen LogP contribution >= 0.6 is 0 Å². The highest BCUT2D eigenvalue weighted by Crippen LogP contribution is 2.41. The molecule has 25 heavy (non-hydrogen) atoms. The van der Waals surface area contributed by atoms with Crippen LogP contribution in [0, 0.1) is 24.1 Å². The van der Waals surface area contributed by atoms with Gasteiger partial charge in [0.25, 0.3) is 0 Å². The number of methoxy groups -OCH3 is 2. The molecule has 2 aromatic carbocycles. The Kier molecular flexibility index (Phi) is 4.48. The number of fused-ring (bicyclic) bond motifs is 1. The van der Waals surface area contributed by atoms with Gasteiger partial charge in [-0.3, -0.25) is 0 Å². The molecule has 0 bridgehead atoms. The minimum atomic E-state index is -0.343. The van der Waals surface area contributed by atoms with Crippen molar-refractivity contribution in [2.24, 2.45) is 0 Å². The van der Waals surface area contributed by atoms with Crippen LogP contribution in [0.5, 0.6) is 11.5 Å². The number of nitriles is 1. The average molecular weight is 337 g/mol. The van der Waals surface area contributed by atoms with Crippen LogP contribution in [-0.4, -0.2) is 24.2 Å². The van der Waals surface area contributed by atoms with Gasteiger partial charge in [-0.15, -0.1) is 0 Å². The first-order valence-corrected chi connectivity index (χ1v) is 7.62. The third-order valence-corrected chi connectivity index (χ3v) is 4.13. The second kappa shape index (κ2) is 6.73. The van der Waals surface area contributed by atoms with Gasteiger partial charge in [0, 0.05) is 35.2 Å². The summed E-state index contributed by atoms with van der Waals surface area (Å²) < 4.78 is 24.9.